The second-order valence-corrected chi connectivity index (χ2v) is 9.67. The van der Waals surface area contributed by atoms with E-state index in [0.29, 0.717) is 12.3 Å². The highest BCUT2D eigenvalue weighted by Gasteiger charge is 2.30. The maximum atomic E-state index is 13.3. The zero-order chi connectivity index (χ0) is 24.5. The van der Waals surface area contributed by atoms with Crippen molar-refractivity contribution in [2.24, 2.45) is 7.05 Å². The van der Waals surface area contributed by atoms with Gasteiger partial charge in [-0.1, -0.05) is 18.2 Å². The Bertz CT molecular complexity index is 1390. The molecule has 0 amide bonds. The molecule has 5 rings (SSSR count). The monoisotopic (exact) mass is 475 g/mol. The number of benzene rings is 2. The van der Waals surface area contributed by atoms with E-state index in [1.165, 1.54) is 0 Å². The average molecular weight is 476 g/mol. The molecule has 1 aliphatic rings. The van der Waals surface area contributed by atoms with Crippen LogP contribution < -0.4 is 10.4 Å². The second kappa shape index (κ2) is 9.79. The number of hydrogen-bond acceptors (Lipinski definition) is 6. The van der Waals surface area contributed by atoms with Crippen LogP contribution in [0.25, 0.3) is 33.2 Å². The minimum Gasteiger partial charge on any atom is -0.494 e. The number of ether oxygens (including phenoxy) is 2. The maximum absolute atomic E-state index is 13.3. The quantitative estimate of drug-likeness (QED) is 0.359. The van der Waals surface area contributed by atoms with E-state index in [0.717, 1.165) is 65.5 Å². The van der Waals surface area contributed by atoms with Gasteiger partial charge in [-0.15, -0.1) is 10.2 Å². The number of aromatic nitrogens is 4. The van der Waals surface area contributed by atoms with Gasteiger partial charge in [-0.05, 0) is 75.2 Å². The number of rotatable bonds is 8. The van der Waals surface area contributed by atoms with E-state index in [2.05, 4.69) is 53.5 Å². The molecule has 2 heterocycles. The molecule has 2 aromatic carbocycles. The fourth-order valence-corrected chi connectivity index (χ4v) is 5.09. The lowest BCUT2D eigenvalue weighted by Gasteiger charge is -2.14. The first kappa shape index (κ1) is 23.5. The van der Waals surface area contributed by atoms with E-state index in [1.807, 2.05) is 22.8 Å². The lowest BCUT2D eigenvalue weighted by atomic mass is 10.0. The number of hydrogen-bond donors (Lipinski definition) is 0. The SMILES string of the molecule is CO[C@@H]1CC[C@@H](n2c(=O)n(C)c3nnc4ccc(-c5ccc(OCCCN(C)C)cc5)cc4c32)C1. The van der Waals surface area contributed by atoms with Gasteiger partial charge in [-0.25, -0.2) is 4.79 Å². The van der Waals surface area contributed by atoms with Crippen molar-refractivity contribution in [3.05, 3.63) is 52.9 Å². The number of methoxy groups -OCH3 is 1. The Labute approximate surface area is 205 Å². The van der Waals surface area contributed by atoms with Crippen LogP contribution in [0.5, 0.6) is 5.75 Å². The smallest absolute Gasteiger partial charge is 0.330 e. The predicted molar refractivity (Wildman–Crippen MR) is 138 cm³/mol. The minimum absolute atomic E-state index is 0.0512. The highest BCUT2D eigenvalue weighted by atomic mass is 16.5. The van der Waals surface area contributed by atoms with Gasteiger partial charge < -0.3 is 14.4 Å². The molecule has 8 heteroatoms. The largest absolute Gasteiger partial charge is 0.494 e. The van der Waals surface area contributed by atoms with Crippen molar-refractivity contribution in [3.63, 3.8) is 0 Å². The Kier molecular flexibility index (Phi) is 6.58. The van der Waals surface area contributed by atoms with Gasteiger partial charge in [-0.2, -0.15) is 0 Å². The van der Waals surface area contributed by atoms with Crippen LogP contribution in [0.1, 0.15) is 31.7 Å². The van der Waals surface area contributed by atoms with Crippen molar-refractivity contribution in [1.29, 1.82) is 0 Å². The lowest BCUT2D eigenvalue weighted by Crippen LogP contribution is -2.25. The summed E-state index contributed by atoms with van der Waals surface area (Å²) in [7, 11) is 7.64. The van der Waals surface area contributed by atoms with Crippen LogP contribution >= 0.6 is 0 Å². The average Bonchev–Trinajstić information content (AvgIpc) is 3.44. The molecule has 0 saturated heterocycles. The van der Waals surface area contributed by atoms with Crippen molar-refractivity contribution in [2.75, 3.05) is 34.4 Å². The van der Waals surface area contributed by atoms with E-state index in [9.17, 15) is 4.79 Å². The third-order valence-electron chi connectivity index (χ3n) is 7.03. The second-order valence-electron chi connectivity index (χ2n) is 9.67. The molecule has 0 N–H and O–H groups in total. The van der Waals surface area contributed by atoms with E-state index in [-0.39, 0.29) is 17.8 Å². The lowest BCUT2D eigenvalue weighted by molar-refractivity contribution is 0.106. The molecule has 1 fully saturated rings. The molecule has 2 aromatic heterocycles. The summed E-state index contributed by atoms with van der Waals surface area (Å²) in [6.07, 6.45) is 3.87. The van der Waals surface area contributed by atoms with E-state index in [1.54, 1.807) is 18.7 Å². The van der Waals surface area contributed by atoms with Gasteiger partial charge in [0.1, 0.15) is 11.3 Å². The van der Waals surface area contributed by atoms with Crippen LogP contribution in [0.4, 0.5) is 0 Å². The predicted octanol–water partition coefficient (Wildman–Crippen LogP) is 4.02. The molecular formula is C27H33N5O3. The van der Waals surface area contributed by atoms with Gasteiger partial charge in [0.2, 0.25) is 0 Å². The normalized spacial score (nSPS) is 18.2. The fraction of sp³-hybridized carbons (Fsp3) is 0.444. The molecule has 0 unspecified atom stereocenters. The zero-order valence-corrected chi connectivity index (χ0v) is 20.9. The topological polar surface area (TPSA) is 74.4 Å². The van der Waals surface area contributed by atoms with E-state index < -0.39 is 0 Å². The number of imidazole rings is 1. The Hall–Kier alpha value is -3.23. The number of fused-ring (bicyclic) bond motifs is 3. The summed E-state index contributed by atoms with van der Waals surface area (Å²) >= 11 is 0. The van der Waals surface area contributed by atoms with Crippen molar-refractivity contribution in [3.8, 4) is 16.9 Å². The van der Waals surface area contributed by atoms with Gasteiger partial charge in [-0.3, -0.25) is 9.13 Å². The van der Waals surface area contributed by atoms with Gasteiger partial charge in [0.05, 0.1) is 18.2 Å². The zero-order valence-electron chi connectivity index (χ0n) is 20.9. The summed E-state index contributed by atoms with van der Waals surface area (Å²) in [5.41, 5.74) is 4.35. The van der Waals surface area contributed by atoms with E-state index in [4.69, 9.17) is 9.47 Å². The molecule has 4 aromatic rings. The number of nitrogens with zero attached hydrogens (tertiary/aromatic N) is 5. The standard InChI is InChI=1S/C27H33N5O3/c1-30(2)14-5-15-35-21-10-6-18(7-11-21)19-8-13-24-23(16-19)25-26(29-28-24)31(3)27(33)32(25)20-9-12-22(17-20)34-4/h6-8,10-11,13,16,20,22H,5,9,12,14-15,17H2,1-4H3/t20-,22-/m1/s1. The Balaban J connectivity index is 1.50. The molecule has 0 spiro atoms. The molecule has 2 atom stereocenters. The molecule has 0 aliphatic heterocycles. The maximum Gasteiger partial charge on any atom is 0.330 e. The first-order valence-electron chi connectivity index (χ1n) is 12.2. The summed E-state index contributed by atoms with van der Waals surface area (Å²) < 4.78 is 15.0. The van der Waals surface area contributed by atoms with Crippen molar-refractivity contribution >= 4 is 22.1 Å². The summed E-state index contributed by atoms with van der Waals surface area (Å²) in [4.78, 5) is 15.4. The van der Waals surface area contributed by atoms with Crippen LogP contribution in [0.3, 0.4) is 0 Å². The molecular weight excluding hydrogens is 442 g/mol. The molecule has 1 aliphatic carbocycles. The Morgan fingerprint density at radius 1 is 1.06 bits per heavy atom. The molecule has 184 valence electrons. The minimum atomic E-state index is -0.0512. The highest BCUT2D eigenvalue weighted by Crippen LogP contribution is 2.35. The van der Waals surface area contributed by atoms with Crippen LogP contribution in [0.15, 0.2) is 47.3 Å². The van der Waals surface area contributed by atoms with Gasteiger partial charge in [0.25, 0.3) is 0 Å². The summed E-state index contributed by atoms with van der Waals surface area (Å²) in [5.74, 6) is 0.868. The third kappa shape index (κ3) is 4.56. The summed E-state index contributed by atoms with van der Waals surface area (Å²) in [5, 5.41) is 9.76. The van der Waals surface area contributed by atoms with Crippen LogP contribution in [-0.2, 0) is 11.8 Å². The van der Waals surface area contributed by atoms with Gasteiger partial charge in [0.15, 0.2) is 5.65 Å². The molecule has 1 saturated carbocycles. The van der Waals surface area contributed by atoms with Gasteiger partial charge in [0, 0.05) is 32.1 Å². The van der Waals surface area contributed by atoms with Crippen LogP contribution in [0.2, 0.25) is 0 Å². The van der Waals surface area contributed by atoms with Crippen LogP contribution in [0, 0.1) is 0 Å². The summed E-state index contributed by atoms with van der Waals surface area (Å²) in [6, 6.07) is 14.4. The van der Waals surface area contributed by atoms with Crippen molar-refractivity contribution < 1.29 is 9.47 Å². The van der Waals surface area contributed by atoms with Crippen LogP contribution in [-0.4, -0.2) is 64.7 Å². The highest BCUT2D eigenvalue weighted by molar-refractivity contribution is 6.02. The third-order valence-corrected chi connectivity index (χ3v) is 7.03. The molecule has 0 bridgehead atoms. The van der Waals surface area contributed by atoms with Crippen molar-refractivity contribution in [2.45, 2.75) is 37.8 Å². The first-order chi connectivity index (χ1) is 17.0. The number of aryl methyl sites for hydroxylation is 1. The van der Waals surface area contributed by atoms with E-state index >= 15 is 0 Å². The molecule has 35 heavy (non-hydrogen) atoms. The Morgan fingerprint density at radius 2 is 1.83 bits per heavy atom. The Morgan fingerprint density at radius 3 is 2.54 bits per heavy atom. The van der Waals surface area contributed by atoms with Crippen molar-refractivity contribution in [1.82, 2.24) is 24.2 Å². The molecule has 8 nitrogen and oxygen atoms in total. The first-order valence-corrected chi connectivity index (χ1v) is 12.2. The fourth-order valence-electron chi connectivity index (χ4n) is 5.09. The van der Waals surface area contributed by atoms with Gasteiger partial charge >= 0.3 is 5.69 Å². The summed E-state index contributed by atoms with van der Waals surface area (Å²) in [6.45, 7) is 1.70. The molecule has 0 radical (unpaired) electrons.